The molecule has 0 spiro atoms. The van der Waals surface area contributed by atoms with E-state index in [9.17, 15) is 18.0 Å². The Balaban J connectivity index is 1.36. The summed E-state index contributed by atoms with van der Waals surface area (Å²) in [7, 11) is 0. The minimum Gasteiger partial charge on any atom is -0.338 e. The molecule has 0 aliphatic carbocycles. The minimum absolute atomic E-state index is 0.00972. The summed E-state index contributed by atoms with van der Waals surface area (Å²) in [4.78, 5) is 17.5. The van der Waals surface area contributed by atoms with Crippen molar-refractivity contribution in [2.45, 2.75) is 38.0 Å². The summed E-state index contributed by atoms with van der Waals surface area (Å²) in [6, 6.07) is -0.289. The molecule has 0 bridgehead atoms. The van der Waals surface area contributed by atoms with Crippen molar-refractivity contribution in [3.63, 3.8) is 0 Å². The Bertz CT molecular complexity index is 575. The lowest BCUT2D eigenvalue weighted by Crippen LogP contribution is -2.47. The van der Waals surface area contributed by atoms with E-state index in [1.807, 2.05) is 0 Å². The average Bonchev–Trinajstić information content (AvgIpc) is 3.12. The van der Waals surface area contributed by atoms with Crippen LogP contribution < -0.4 is 10.6 Å². The van der Waals surface area contributed by atoms with Crippen molar-refractivity contribution in [3.05, 3.63) is 12.2 Å². The lowest BCUT2D eigenvalue weighted by molar-refractivity contribution is -0.143. The van der Waals surface area contributed by atoms with Crippen LogP contribution in [0.4, 0.5) is 18.0 Å². The molecular formula is C14H21F3N6O. The fourth-order valence-electron chi connectivity index (χ4n) is 3.31. The van der Waals surface area contributed by atoms with Gasteiger partial charge < -0.3 is 10.6 Å². The average molecular weight is 346 g/mol. The second-order valence-corrected chi connectivity index (χ2v) is 6.45. The van der Waals surface area contributed by atoms with Gasteiger partial charge in [-0.1, -0.05) is 0 Å². The van der Waals surface area contributed by atoms with Crippen molar-refractivity contribution in [2.24, 2.45) is 5.92 Å². The monoisotopic (exact) mass is 346 g/mol. The first kappa shape index (κ1) is 17.0. The van der Waals surface area contributed by atoms with E-state index in [0.29, 0.717) is 32.6 Å². The molecule has 134 valence electrons. The first-order chi connectivity index (χ1) is 11.4. The first-order valence-electron chi connectivity index (χ1n) is 8.09. The van der Waals surface area contributed by atoms with Crippen molar-refractivity contribution in [1.82, 2.24) is 30.3 Å². The molecule has 3 rings (SSSR count). The van der Waals surface area contributed by atoms with Gasteiger partial charge in [-0.05, 0) is 25.3 Å². The summed E-state index contributed by atoms with van der Waals surface area (Å²) in [6.45, 7) is 0.891. The number of rotatable bonds is 4. The van der Waals surface area contributed by atoms with Crippen LogP contribution in [0.3, 0.4) is 0 Å². The van der Waals surface area contributed by atoms with E-state index in [0.717, 1.165) is 18.7 Å². The Morgan fingerprint density at radius 1 is 1.33 bits per heavy atom. The lowest BCUT2D eigenvalue weighted by atomic mass is 10.1. The van der Waals surface area contributed by atoms with Gasteiger partial charge in [0.2, 0.25) is 0 Å². The number of urea groups is 1. The Morgan fingerprint density at radius 3 is 2.96 bits per heavy atom. The van der Waals surface area contributed by atoms with E-state index >= 15 is 0 Å². The quantitative estimate of drug-likeness (QED) is 0.845. The minimum atomic E-state index is -4.17. The summed E-state index contributed by atoms with van der Waals surface area (Å²) in [5.41, 5.74) is 0. The Hall–Kier alpha value is -1.84. The molecule has 3 heterocycles. The maximum Gasteiger partial charge on any atom is 0.401 e. The molecule has 2 unspecified atom stereocenters. The third kappa shape index (κ3) is 4.59. The van der Waals surface area contributed by atoms with Crippen molar-refractivity contribution in [1.29, 1.82) is 0 Å². The molecule has 1 fully saturated rings. The second kappa shape index (κ2) is 6.96. The molecule has 2 aliphatic heterocycles. The highest BCUT2D eigenvalue weighted by Gasteiger charge is 2.34. The molecular weight excluding hydrogens is 325 g/mol. The number of likely N-dealkylation sites (tertiary alicyclic amines) is 1. The van der Waals surface area contributed by atoms with Gasteiger partial charge in [-0.15, -0.1) is 0 Å². The molecule has 0 saturated carbocycles. The van der Waals surface area contributed by atoms with E-state index in [-0.39, 0.29) is 18.0 Å². The number of fused-ring (bicyclic) bond motifs is 1. The molecule has 24 heavy (non-hydrogen) atoms. The highest BCUT2D eigenvalue weighted by atomic mass is 19.4. The molecule has 0 aromatic carbocycles. The highest BCUT2D eigenvalue weighted by Crippen LogP contribution is 2.22. The number of amides is 2. The molecule has 1 aromatic heterocycles. The van der Waals surface area contributed by atoms with Crippen LogP contribution in [0.15, 0.2) is 6.33 Å². The molecule has 10 heteroatoms. The summed E-state index contributed by atoms with van der Waals surface area (Å²) in [5, 5.41) is 9.76. The molecule has 2 aliphatic rings. The van der Waals surface area contributed by atoms with Gasteiger partial charge in [0.25, 0.3) is 0 Å². The number of nitrogens with zero attached hydrogens (tertiary/aromatic N) is 4. The van der Waals surface area contributed by atoms with Crippen LogP contribution >= 0.6 is 0 Å². The van der Waals surface area contributed by atoms with Gasteiger partial charge in [0.05, 0.1) is 19.1 Å². The SMILES string of the molecule is O=C(NCC1CCN(CC(F)(F)F)C1)NC1CCc2ncnn2C1. The van der Waals surface area contributed by atoms with Crippen molar-refractivity contribution in [2.75, 3.05) is 26.2 Å². The smallest absolute Gasteiger partial charge is 0.338 e. The first-order valence-corrected chi connectivity index (χ1v) is 8.09. The van der Waals surface area contributed by atoms with E-state index in [4.69, 9.17) is 0 Å². The molecule has 2 N–H and O–H groups in total. The van der Waals surface area contributed by atoms with Gasteiger partial charge in [0, 0.05) is 19.5 Å². The van der Waals surface area contributed by atoms with E-state index in [1.165, 1.54) is 11.2 Å². The summed E-state index contributed by atoms with van der Waals surface area (Å²) < 4.78 is 38.9. The van der Waals surface area contributed by atoms with E-state index in [2.05, 4.69) is 20.7 Å². The zero-order valence-corrected chi connectivity index (χ0v) is 13.2. The zero-order valence-electron chi connectivity index (χ0n) is 13.2. The fraction of sp³-hybridized carbons (Fsp3) is 0.786. The van der Waals surface area contributed by atoms with Crippen LogP contribution in [0, 0.1) is 5.92 Å². The predicted octanol–water partition coefficient (Wildman–Crippen LogP) is 0.776. The van der Waals surface area contributed by atoms with Crippen LogP contribution in [-0.2, 0) is 13.0 Å². The molecule has 0 radical (unpaired) electrons. The van der Waals surface area contributed by atoms with Crippen LogP contribution in [-0.4, -0.2) is 64.1 Å². The topological polar surface area (TPSA) is 75.1 Å². The largest absolute Gasteiger partial charge is 0.401 e. The molecule has 1 aromatic rings. The van der Waals surface area contributed by atoms with Crippen molar-refractivity contribution in [3.8, 4) is 0 Å². The number of alkyl halides is 3. The maximum atomic E-state index is 12.4. The van der Waals surface area contributed by atoms with Crippen molar-refractivity contribution < 1.29 is 18.0 Å². The number of hydrogen-bond acceptors (Lipinski definition) is 4. The lowest BCUT2D eigenvalue weighted by Gasteiger charge is -2.24. The van der Waals surface area contributed by atoms with Crippen molar-refractivity contribution >= 4 is 6.03 Å². The van der Waals surface area contributed by atoms with Gasteiger partial charge in [-0.25, -0.2) is 14.5 Å². The van der Waals surface area contributed by atoms with Crippen LogP contribution in [0.1, 0.15) is 18.7 Å². The predicted molar refractivity (Wildman–Crippen MR) is 79.3 cm³/mol. The number of aromatic nitrogens is 3. The van der Waals surface area contributed by atoms with Crippen LogP contribution in [0.5, 0.6) is 0 Å². The highest BCUT2D eigenvalue weighted by molar-refractivity contribution is 5.74. The normalized spacial score (nSPS) is 24.6. The van der Waals surface area contributed by atoms with E-state index < -0.39 is 12.7 Å². The molecule has 2 atom stereocenters. The van der Waals surface area contributed by atoms with Crippen LogP contribution in [0.25, 0.3) is 0 Å². The summed E-state index contributed by atoms with van der Waals surface area (Å²) in [5.74, 6) is 0.982. The third-order valence-electron chi connectivity index (χ3n) is 4.46. The van der Waals surface area contributed by atoms with Gasteiger partial charge in [-0.2, -0.15) is 18.3 Å². The molecule has 7 nitrogen and oxygen atoms in total. The van der Waals surface area contributed by atoms with Crippen LogP contribution in [0.2, 0.25) is 0 Å². The Kier molecular flexibility index (Phi) is 4.93. The third-order valence-corrected chi connectivity index (χ3v) is 4.46. The Morgan fingerprint density at radius 2 is 2.17 bits per heavy atom. The van der Waals surface area contributed by atoms with E-state index in [1.54, 1.807) is 4.68 Å². The number of carbonyl (C=O) groups is 1. The Labute approximate surface area is 137 Å². The number of hydrogen-bond donors (Lipinski definition) is 2. The second-order valence-electron chi connectivity index (χ2n) is 6.45. The number of aryl methyl sites for hydroxylation is 1. The van der Waals surface area contributed by atoms with Gasteiger partial charge in [0.1, 0.15) is 12.2 Å². The molecule has 2 amide bonds. The van der Waals surface area contributed by atoms with Gasteiger partial charge in [-0.3, -0.25) is 4.90 Å². The number of carbonyl (C=O) groups excluding carboxylic acids is 1. The maximum absolute atomic E-state index is 12.4. The zero-order chi connectivity index (χ0) is 17.2. The van der Waals surface area contributed by atoms with Gasteiger partial charge >= 0.3 is 12.2 Å². The molecule has 1 saturated heterocycles. The fourth-order valence-corrected chi connectivity index (χ4v) is 3.31. The summed E-state index contributed by atoms with van der Waals surface area (Å²) in [6.07, 6.45) is -0.428. The summed E-state index contributed by atoms with van der Waals surface area (Å²) >= 11 is 0. The number of halogens is 3. The van der Waals surface area contributed by atoms with Gasteiger partial charge in [0.15, 0.2) is 0 Å². The standard InChI is InChI=1S/C14H21F3N6O/c15-14(16,17)8-22-4-3-10(6-22)5-18-13(24)21-11-1-2-12-19-9-20-23(12)7-11/h9-11H,1-8H2,(H2,18,21,24). The number of nitrogens with one attached hydrogen (secondary N) is 2.